The highest BCUT2D eigenvalue weighted by molar-refractivity contribution is 6.30. The highest BCUT2D eigenvalue weighted by atomic mass is 35.5. The standard InChI is InChI=1S/C14H20ClN/c15-13-7-9-14(10-8-13)16-11-12-5-3-1-2-4-6-12/h7-10,12,16H,1-6,11H2. The molecule has 0 bridgehead atoms. The van der Waals surface area contributed by atoms with E-state index in [9.17, 15) is 0 Å². The number of hydrogen-bond acceptors (Lipinski definition) is 1. The van der Waals surface area contributed by atoms with E-state index in [-0.39, 0.29) is 0 Å². The summed E-state index contributed by atoms with van der Waals surface area (Å²) >= 11 is 5.85. The minimum absolute atomic E-state index is 0.806. The zero-order valence-corrected chi connectivity index (χ0v) is 10.5. The Balaban J connectivity index is 1.79. The van der Waals surface area contributed by atoms with Gasteiger partial charge in [0.15, 0.2) is 0 Å². The van der Waals surface area contributed by atoms with Crippen LogP contribution in [0, 0.1) is 5.92 Å². The molecule has 0 radical (unpaired) electrons. The Labute approximate surface area is 103 Å². The van der Waals surface area contributed by atoms with Crippen LogP contribution in [0.3, 0.4) is 0 Å². The van der Waals surface area contributed by atoms with E-state index < -0.39 is 0 Å². The monoisotopic (exact) mass is 237 g/mol. The van der Waals surface area contributed by atoms with E-state index in [2.05, 4.69) is 17.4 Å². The maximum absolute atomic E-state index is 5.85. The number of nitrogens with one attached hydrogen (secondary N) is 1. The lowest BCUT2D eigenvalue weighted by molar-refractivity contribution is 0.483. The molecule has 1 N–H and O–H groups in total. The number of anilines is 1. The summed E-state index contributed by atoms with van der Waals surface area (Å²) in [6, 6.07) is 7.99. The second kappa shape index (κ2) is 6.15. The molecule has 1 nitrogen and oxygen atoms in total. The highest BCUT2D eigenvalue weighted by Gasteiger charge is 2.11. The molecule has 0 amide bonds. The molecule has 1 fully saturated rings. The van der Waals surface area contributed by atoms with Gasteiger partial charge >= 0.3 is 0 Å². The Morgan fingerprint density at radius 1 is 1.00 bits per heavy atom. The summed E-state index contributed by atoms with van der Waals surface area (Å²) in [6.45, 7) is 1.11. The molecule has 2 rings (SSSR count). The number of rotatable bonds is 3. The summed E-state index contributed by atoms with van der Waals surface area (Å²) in [6.07, 6.45) is 8.45. The quantitative estimate of drug-likeness (QED) is 0.750. The largest absolute Gasteiger partial charge is 0.385 e. The van der Waals surface area contributed by atoms with Crippen LogP contribution in [0.15, 0.2) is 24.3 Å². The molecule has 88 valence electrons. The van der Waals surface area contributed by atoms with Crippen molar-refractivity contribution < 1.29 is 0 Å². The summed E-state index contributed by atoms with van der Waals surface area (Å²) in [4.78, 5) is 0. The Morgan fingerprint density at radius 3 is 2.25 bits per heavy atom. The molecule has 0 saturated heterocycles. The van der Waals surface area contributed by atoms with Crippen molar-refractivity contribution in [2.75, 3.05) is 11.9 Å². The molecule has 0 heterocycles. The van der Waals surface area contributed by atoms with Gasteiger partial charge in [0, 0.05) is 17.3 Å². The molecule has 0 atom stereocenters. The Kier molecular flexibility index (Phi) is 4.53. The Hall–Kier alpha value is -0.690. The van der Waals surface area contributed by atoms with Gasteiger partial charge in [0.05, 0.1) is 0 Å². The second-order valence-electron chi connectivity index (χ2n) is 4.75. The van der Waals surface area contributed by atoms with Gasteiger partial charge in [-0.05, 0) is 43.0 Å². The van der Waals surface area contributed by atoms with Crippen LogP contribution >= 0.6 is 11.6 Å². The van der Waals surface area contributed by atoms with Crippen molar-refractivity contribution in [2.45, 2.75) is 38.5 Å². The number of benzene rings is 1. The fraction of sp³-hybridized carbons (Fsp3) is 0.571. The molecular formula is C14H20ClN. The van der Waals surface area contributed by atoms with Crippen molar-refractivity contribution in [3.05, 3.63) is 29.3 Å². The van der Waals surface area contributed by atoms with Crippen molar-refractivity contribution in [1.29, 1.82) is 0 Å². The predicted molar refractivity (Wildman–Crippen MR) is 71.1 cm³/mol. The molecular weight excluding hydrogens is 218 g/mol. The van der Waals surface area contributed by atoms with Crippen molar-refractivity contribution >= 4 is 17.3 Å². The molecule has 0 aliphatic heterocycles. The van der Waals surface area contributed by atoms with Gasteiger partial charge in [0.1, 0.15) is 0 Å². The highest BCUT2D eigenvalue weighted by Crippen LogP contribution is 2.23. The zero-order chi connectivity index (χ0) is 11.2. The molecule has 1 aliphatic rings. The maximum atomic E-state index is 5.85. The molecule has 0 spiro atoms. The zero-order valence-electron chi connectivity index (χ0n) is 9.71. The predicted octanol–water partition coefficient (Wildman–Crippen LogP) is 4.72. The first-order valence-corrected chi connectivity index (χ1v) is 6.72. The topological polar surface area (TPSA) is 12.0 Å². The van der Waals surface area contributed by atoms with Gasteiger partial charge in [-0.3, -0.25) is 0 Å². The SMILES string of the molecule is Clc1ccc(NCC2CCCCCC2)cc1. The van der Waals surface area contributed by atoms with Crippen LogP contribution in [-0.4, -0.2) is 6.54 Å². The fourth-order valence-electron chi connectivity index (χ4n) is 2.40. The molecule has 16 heavy (non-hydrogen) atoms. The van der Waals surface area contributed by atoms with E-state index in [0.717, 1.165) is 17.5 Å². The van der Waals surface area contributed by atoms with E-state index in [0.29, 0.717) is 0 Å². The molecule has 0 unspecified atom stereocenters. The summed E-state index contributed by atoms with van der Waals surface area (Å²) < 4.78 is 0. The van der Waals surface area contributed by atoms with Gasteiger partial charge in [-0.1, -0.05) is 37.3 Å². The lowest BCUT2D eigenvalue weighted by Gasteiger charge is -2.15. The first kappa shape index (κ1) is 11.8. The molecule has 0 aromatic heterocycles. The van der Waals surface area contributed by atoms with Crippen molar-refractivity contribution in [1.82, 2.24) is 0 Å². The molecule has 2 heteroatoms. The van der Waals surface area contributed by atoms with Gasteiger partial charge < -0.3 is 5.32 Å². The van der Waals surface area contributed by atoms with Crippen LogP contribution in [0.1, 0.15) is 38.5 Å². The van der Waals surface area contributed by atoms with Crippen LogP contribution in [-0.2, 0) is 0 Å². The molecule has 1 saturated carbocycles. The van der Waals surface area contributed by atoms with Gasteiger partial charge in [-0.25, -0.2) is 0 Å². The minimum Gasteiger partial charge on any atom is -0.385 e. The number of hydrogen-bond donors (Lipinski definition) is 1. The van der Waals surface area contributed by atoms with E-state index >= 15 is 0 Å². The number of halogens is 1. The summed E-state index contributed by atoms with van der Waals surface area (Å²) in [7, 11) is 0. The summed E-state index contributed by atoms with van der Waals surface area (Å²) in [5.74, 6) is 0.859. The Morgan fingerprint density at radius 2 is 1.62 bits per heavy atom. The van der Waals surface area contributed by atoms with E-state index in [4.69, 9.17) is 11.6 Å². The first-order chi connectivity index (χ1) is 7.84. The minimum atomic E-state index is 0.806. The van der Waals surface area contributed by atoms with Crippen LogP contribution in [0.2, 0.25) is 5.02 Å². The van der Waals surface area contributed by atoms with Crippen molar-refractivity contribution in [3.63, 3.8) is 0 Å². The van der Waals surface area contributed by atoms with Crippen LogP contribution in [0.5, 0.6) is 0 Å². The smallest absolute Gasteiger partial charge is 0.0407 e. The normalized spacial score (nSPS) is 18.1. The van der Waals surface area contributed by atoms with Gasteiger partial charge in [-0.15, -0.1) is 0 Å². The van der Waals surface area contributed by atoms with Gasteiger partial charge in [0.2, 0.25) is 0 Å². The van der Waals surface area contributed by atoms with E-state index in [1.165, 1.54) is 44.2 Å². The van der Waals surface area contributed by atoms with E-state index in [1.807, 2.05) is 12.1 Å². The van der Waals surface area contributed by atoms with Crippen LogP contribution in [0.25, 0.3) is 0 Å². The molecule has 1 aliphatic carbocycles. The molecule has 1 aromatic carbocycles. The van der Waals surface area contributed by atoms with Gasteiger partial charge in [0.25, 0.3) is 0 Å². The third kappa shape index (κ3) is 3.71. The van der Waals surface area contributed by atoms with Crippen LogP contribution in [0.4, 0.5) is 5.69 Å². The van der Waals surface area contributed by atoms with Gasteiger partial charge in [-0.2, -0.15) is 0 Å². The first-order valence-electron chi connectivity index (χ1n) is 6.34. The lowest BCUT2D eigenvalue weighted by Crippen LogP contribution is -2.13. The third-order valence-corrected chi connectivity index (χ3v) is 3.67. The van der Waals surface area contributed by atoms with E-state index in [1.54, 1.807) is 0 Å². The molecule has 1 aromatic rings. The van der Waals surface area contributed by atoms with Crippen LogP contribution < -0.4 is 5.32 Å². The van der Waals surface area contributed by atoms with Crippen molar-refractivity contribution in [3.8, 4) is 0 Å². The average molecular weight is 238 g/mol. The van der Waals surface area contributed by atoms with Crippen molar-refractivity contribution in [2.24, 2.45) is 5.92 Å². The maximum Gasteiger partial charge on any atom is 0.0407 e. The fourth-order valence-corrected chi connectivity index (χ4v) is 2.52. The lowest BCUT2D eigenvalue weighted by atomic mass is 10.0. The Bertz CT molecular complexity index is 299. The summed E-state index contributed by atoms with van der Waals surface area (Å²) in [5.41, 5.74) is 1.19. The average Bonchev–Trinajstić information content (AvgIpc) is 2.57. The second-order valence-corrected chi connectivity index (χ2v) is 5.18. The summed E-state index contributed by atoms with van der Waals surface area (Å²) in [5, 5.41) is 4.32. The third-order valence-electron chi connectivity index (χ3n) is 3.41.